The summed E-state index contributed by atoms with van der Waals surface area (Å²) in [7, 11) is 0. The maximum Gasteiger partial charge on any atom is 0.0830 e. The van der Waals surface area contributed by atoms with Crippen molar-refractivity contribution < 1.29 is 4.74 Å². The minimum Gasteiger partial charge on any atom is -0.374 e. The number of hydrogen-bond donors (Lipinski definition) is 0. The molecule has 0 amide bonds. The van der Waals surface area contributed by atoms with E-state index < -0.39 is 0 Å². The average molecular weight is 190 g/mol. The van der Waals surface area contributed by atoms with Crippen LogP contribution in [0, 0.1) is 13.8 Å². The normalized spacial score (nSPS) is 22.3. The topological polar surface area (TPSA) is 9.23 Å². The number of aryl methyl sites for hydroxylation is 2. The fourth-order valence-corrected chi connectivity index (χ4v) is 2.30. The number of benzene rings is 1. The smallest absolute Gasteiger partial charge is 0.0830 e. The largest absolute Gasteiger partial charge is 0.374 e. The van der Waals surface area contributed by atoms with Gasteiger partial charge in [-0.05, 0) is 49.8 Å². The van der Waals surface area contributed by atoms with Crippen LogP contribution in [0.15, 0.2) is 18.2 Å². The maximum atomic E-state index is 5.83. The minimum atomic E-state index is 0.352. The lowest BCUT2D eigenvalue weighted by Crippen LogP contribution is -2.13. The molecule has 1 nitrogen and oxygen atoms in total. The van der Waals surface area contributed by atoms with E-state index in [2.05, 4.69) is 32.0 Å². The molecule has 1 atom stereocenters. The van der Waals surface area contributed by atoms with Gasteiger partial charge in [-0.3, -0.25) is 0 Å². The summed E-state index contributed by atoms with van der Waals surface area (Å²) in [6.07, 6.45) is 4.07. The number of hydrogen-bond acceptors (Lipinski definition) is 1. The summed E-state index contributed by atoms with van der Waals surface area (Å²) in [5, 5.41) is 0. The van der Waals surface area contributed by atoms with Gasteiger partial charge in [0.2, 0.25) is 0 Å². The molecule has 0 bridgehead atoms. The summed E-state index contributed by atoms with van der Waals surface area (Å²) in [5.74, 6) is 0. The minimum absolute atomic E-state index is 0.352. The fourth-order valence-electron chi connectivity index (χ4n) is 2.30. The zero-order valence-electron chi connectivity index (χ0n) is 9.05. The molecule has 1 saturated heterocycles. The van der Waals surface area contributed by atoms with Gasteiger partial charge >= 0.3 is 0 Å². The molecule has 1 aliphatic rings. The molecule has 0 spiro atoms. The fraction of sp³-hybridized carbons (Fsp3) is 0.538. The molecule has 2 rings (SSSR count). The number of rotatable bonds is 1. The van der Waals surface area contributed by atoms with E-state index in [9.17, 15) is 0 Å². The lowest BCUT2D eigenvalue weighted by atomic mass is 9.93. The predicted octanol–water partition coefficient (Wildman–Crippen LogP) is 3.55. The van der Waals surface area contributed by atoms with E-state index in [1.165, 1.54) is 36.0 Å². The summed E-state index contributed by atoms with van der Waals surface area (Å²) < 4.78 is 5.83. The highest BCUT2D eigenvalue weighted by molar-refractivity contribution is 5.35. The Hall–Kier alpha value is -0.820. The van der Waals surface area contributed by atoms with E-state index in [4.69, 9.17) is 4.74 Å². The Bertz CT molecular complexity index is 291. The Labute approximate surface area is 86.1 Å². The van der Waals surface area contributed by atoms with Crippen molar-refractivity contribution in [3.63, 3.8) is 0 Å². The lowest BCUT2D eigenvalue weighted by Gasteiger charge is -2.25. The van der Waals surface area contributed by atoms with E-state index in [1.807, 2.05) is 0 Å². The van der Waals surface area contributed by atoms with Crippen molar-refractivity contribution in [2.45, 2.75) is 39.2 Å². The molecule has 0 saturated carbocycles. The van der Waals surface area contributed by atoms with Crippen molar-refractivity contribution in [1.29, 1.82) is 0 Å². The van der Waals surface area contributed by atoms with E-state index in [0.29, 0.717) is 6.10 Å². The monoisotopic (exact) mass is 190 g/mol. The zero-order chi connectivity index (χ0) is 9.97. The molecule has 76 valence electrons. The molecule has 1 aromatic rings. The highest BCUT2D eigenvalue weighted by Gasteiger charge is 2.19. The molecule has 0 aliphatic carbocycles. The zero-order valence-corrected chi connectivity index (χ0v) is 9.05. The first-order valence-corrected chi connectivity index (χ1v) is 5.47. The summed E-state index contributed by atoms with van der Waals surface area (Å²) in [5.41, 5.74) is 4.17. The highest BCUT2D eigenvalue weighted by atomic mass is 16.5. The van der Waals surface area contributed by atoms with Gasteiger partial charge in [0.05, 0.1) is 6.10 Å². The predicted molar refractivity (Wildman–Crippen MR) is 58.5 cm³/mol. The van der Waals surface area contributed by atoms with Gasteiger partial charge in [-0.2, -0.15) is 0 Å². The van der Waals surface area contributed by atoms with Crippen LogP contribution in [0.4, 0.5) is 0 Å². The Morgan fingerprint density at radius 2 is 1.86 bits per heavy atom. The summed E-state index contributed by atoms with van der Waals surface area (Å²) in [6.45, 7) is 5.29. The first-order valence-electron chi connectivity index (χ1n) is 5.47. The Kier molecular flexibility index (Phi) is 2.87. The van der Waals surface area contributed by atoms with Gasteiger partial charge in [-0.1, -0.05) is 18.2 Å². The van der Waals surface area contributed by atoms with Crippen LogP contribution in [0.2, 0.25) is 0 Å². The van der Waals surface area contributed by atoms with Gasteiger partial charge in [0.1, 0.15) is 0 Å². The first kappa shape index (κ1) is 9.72. The second kappa shape index (κ2) is 4.14. The van der Waals surface area contributed by atoms with Gasteiger partial charge in [0.25, 0.3) is 0 Å². The first-order chi connectivity index (χ1) is 6.79. The average Bonchev–Trinajstić information content (AvgIpc) is 2.19. The van der Waals surface area contributed by atoms with Crippen LogP contribution in [-0.2, 0) is 4.74 Å². The second-order valence-corrected chi connectivity index (χ2v) is 4.16. The summed E-state index contributed by atoms with van der Waals surface area (Å²) in [6, 6.07) is 6.48. The third kappa shape index (κ3) is 1.83. The Morgan fingerprint density at radius 3 is 2.43 bits per heavy atom. The molecule has 1 aromatic carbocycles. The van der Waals surface area contributed by atoms with Crippen molar-refractivity contribution in [2.24, 2.45) is 0 Å². The van der Waals surface area contributed by atoms with Crippen LogP contribution in [0.1, 0.15) is 42.1 Å². The van der Waals surface area contributed by atoms with E-state index in [-0.39, 0.29) is 0 Å². The Balaban J connectivity index is 2.29. The molecule has 14 heavy (non-hydrogen) atoms. The maximum absolute atomic E-state index is 5.83. The molecule has 0 aromatic heterocycles. The van der Waals surface area contributed by atoms with Crippen LogP contribution in [0.25, 0.3) is 0 Å². The Morgan fingerprint density at radius 1 is 1.14 bits per heavy atom. The van der Waals surface area contributed by atoms with Crippen molar-refractivity contribution in [1.82, 2.24) is 0 Å². The van der Waals surface area contributed by atoms with Crippen molar-refractivity contribution in [3.8, 4) is 0 Å². The lowest BCUT2D eigenvalue weighted by molar-refractivity contribution is 0.0142. The SMILES string of the molecule is Cc1cccc(C)c1C1CCCCO1. The molecular weight excluding hydrogens is 172 g/mol. The highest BCUT2D eigenvalue weighted by Crippen LogP contribution is 2.31. The third-order valence-corrected chi connectivity index (χ3v) is 3.04. The molecule has 1 heteroatoms. The van der Waals surface area contributed by atoms with E-state index in [0.717, 1.165) is 6.61 Å². The summed E-state index contributed by atoms with van der Waals surface area (Å²) >= 11 is 0. The van der Waals surface area contributed by atoms with Crippen molar-refractivity contribution >= 4 is 0 Å². The molecule has 1 heterocycles. The molecule has 0 radical (unpaired) electrons. The molecule has 1 unspecified atom stereocenters. The van der Waals surface area contributed by atoms with Gasteiger partial charge < -0.3 is 4.74 Å². The molecule has 0 N–H and O–H groups in total. The van der Waals surface area contributed by atoms with Gasteiger partial charge in [-0.25, -0.2) is 0 Å². The van der Waals surface area contributed by atoms with Crippen LogP contribution in [0.5, 0.6) is 0 Å². The van der Waals surface area contributed by atoms with Crippen LogP contribution in [0.3, 0.4) is 0 Å². The third-order valence-electron chi connectivity index (χ3n) is 3.04. The van der Waals surface area contributed by atoms with Crippen LogP contribution < -0.4 is 0 Å². The molecule has 1 aliphatic heterocycles. The van der Waals surface area contributed by atoms with E-state index in [1.54, 1.807) is 0 Å². The number of ether oxygens (including phenoxy) is 1. The van der Waals surface area contributed by atoms with Gasteiger partial charge in [0.15, 0.2) is 0 Å². The molecular formula is C13H18O. The van der Waals surface area contributed by atoms with Gasteiger partial charge in [-0.15, -0.1) is 0 Å². The van der Waals surface area contributed by atoms with Gasteiger partial charge in [0, 0.05) is 6.61 Å². The molecule has 1 fully saturated rings. The van der Waals surface area contributed by atoms with Crippen LogP contribution in [-0.4, -0.2) is 6.61 Å². The van der Waals surface area contributed by atoms with Crippen molar-refractivity contribution in [2.75, 3.05) is 6.61 Å². The quantitative estimate of drug-likeness (QED) is 0.658. The van der Waals surface area contributed by atoms with Crippen molar-refractivity contribution in [3.05, 3.63) is 34.9 Å². The summed E-state index contributed by atoms with van der Waals surface area (Å²) in [4.78, 5) is 0. The second-order valence-electron chi connectivity index (χ2n) is 4.16. The standard InChI is InChI=1S/C13H18O/c1-10-6-5-7-11(2)13(10)12-8-3-4-9-14-12/h5-7,12H,3-4,8-9H2,1-2H3. The van der Waals surface area contributed by atoms with Crippen LogP contribution >= 0.6 is 0 Å². The van der Waals surface area contributed by atoms with E-state index >= 15 is 0 Å².